The van der Waals surface area contributed by atoms with Gasteiger partial charge in [0, 0.05) is 13.6 Å². The second-order valence-electron chi connectivity index (χ2n) is 3.61. The summed E-state index contributed by atoms with van der Waals surface area (Å²) < 4.78 is 5.46. The van der Waals surface area contributed by atoms with Crippen LogP contribution < -0.4 is 5.73 Å². The van der Waals surface area contributed by atoms with E-state index in [4.69, 9.17) is 10.2 Å². The largest absolute Gasteiger partial charge is 0.464 e. The summed E-state index contributed by atoms with van der Waals surface area (Å²) in [6.45, 7) is 5.44. The van der Waals surface area contributed by atoms with Crippen LogP contribution >= 0.6 is 0 Å². The Labute approximate surface area is 90.8 Å². The van der Waals surface area contributed by atoms with Crippen LogP contribution in [0.5, 0.6) is 0 Å². The quantitative estimate of drug-likeness (QED) is 0.607. The lowest BCUT2D eigenvalue weighted by Crippen LogP contribution is -2.33. The Morgan fingerprint density at radius 2 is 2.27 bits per heavy atom. The molecule has 4 heteroatoms. The fraction of sp³-hybridized carbons (Fsp3) is 0.545. The first-order valence-corrected chi connectivity index (χ1v) is 5.20. The lowest BCUT2D eigenvalue weighted by atomic mass is 10.4. The van der Waals surface area contributed by atoms with Crippen LogP contribution in [0.2, 0.25) is 0 Å². The Morgan fingerprint density at radius 1 is 1.53 bits per heavy atom. The van der Waals surface area contributed by atoms with Gasteiger partial charge in [0.05, 0.1) is 6.54 Å². The number of guanidine groups is 1. The number of furan rings is 1. The van der Waals surface area contributed by atoms with E-state index in [2.05, 4.69) is 11.9 Å². The van der Waals surface area contributed by atoms with Gasteiger partial charge in [0.2, 0.25) is 0 Å². The van der Waals surface area contributed by atoms with Gasteiger partial charge in [0.25, 0.3) is 0 Å². The summed E-state index contributed by atoms with van der Waals surface area (Å²) in [7, 11) is 1.91. The molecule has 1 rings (SSSR count). The van der Waals surface area contributed by atoms with E-state index >= 15 is 0 Å². The van der Waals surface area contributed by atoms with Crippen molar-refractivity contribution >= 4 is 5.96 Å². The monoisotopic (exact) mass is 209 g/mol. The summed E-state index contributed by atoms with van der Waals surface area (Å²) in [5, 5.41) is 0. The summed E-state index contributed by atoms with van der Waals surface area (Å²) in [5.74, 6) is 2.39. The molecule has 0 aromatic carbocycles. The fourth-order valence-electron chi connectivity index (χ4n) is 1.23. The van der Waals surface area contributed by atoms with Gasteiger partial charge in [0.1, 0.15) is 11.5 Å². The van der Waals surface area contributed by atoms with Crippen molar-refractivity contribution in [1.29, 1.82) is 0 Å². The average Bonchev–Trinajstić information content (AvgIpc) is 2.60. The smallest absolute Gasteiger partial charge is 0.191 e. The summed E-state index contributed by atoms with van der Waals surface area (Å²) in [4.78, 5) is 6.11. The minimum atomic E-state index is 0.561. The van der Waals surface area contributed by atoms with Crippen LogP contribution in [0.3, 0.4) is 0 Å². The highest BCUT2D eigenvalue weighted by atomic mass is 16.3. The average molecular weight is 209 g/mol. The molecule has 0 aliphatic carbocycles. The predicted octanol–water partition coefficient (Wildman–Crippen LogP) is 1.74. The predicted molar refractivity (Wildman–Crippen MR) is 61.7 cm³/mol. The Balaban J connectivity index is 2.51. The molecule has 1 aromatic rings. The third kappa shape index (κ3) is 3.65. The molecule has 84 valence electrons. The molecule has 4 nitrogen and oxygen atoms in total. The topological polar surface area (TPSA) is 54.8 Å². The Hall–Kier alpha value is -1.45. The number of nitrogens with two attached hydrogens (primary N) is 1. The molecule has 0 bridgehead atoms. The molecule has 2 N–H and O–H groups in total. The zero-order chi connectivity index (χ0) is 11.3. The van der Waals surface area contributed by atoms with Crippen molar-refractivity contribution in [2.45, 2.75) is 26.8 Å². The molecule has 0 atom stereocenters. The van der Waals surface area contributed by atoms with E-state index in [1.807, 2.05) is 31.0 Å². The molecule has 0 aliphatic heterocycles. The highest BCUT2D eigenvalue weighted by Gasteiger charge is 2.05. The highest BCUT2D eigenvalue weighted by Crippen LogP contribution is 2.08. The molecule has 15 heavy (non-hydrogen) atoms. The standard InChI is InChI=1S/C11H19N3O/c1-4-7-13-11(12)14(3)8-10-6-5-9(2)15-10/h5-6H,4,7-8H2,1-3H3,(H2,12,13). The van der Waals surface area contributed by atoms with E-state index in [0.717, 1.165) is 24.5 Å². The van der Waals surface area contributed by atoms with E-state index in [1.54, 1.807) is 0 Å². The van der Waals surface area contributed by atoms with Crippen LogP contribution in [0.15, 0.2) is 21.5 Å². The molecule has 1 heterocycles. The van der Waals surface area contributed by atoms with Crippen LogP contribution in [0, 0.1) is 6.92 Å². The molecule has 0 radical (unpaired) electrons. The van der Waals surface area contributed by atoms with Crippen LogP contribution in [0.4, 0.5) is 0 Å². The first-order valence-electron chi connectivity index (χ1n) is 5.20. The lowest BCUT2D eigenvalue weighted by molar-refractivity contribution is 0.396. The first kappa shape index (κ1) is 11.6. The van der Waals surface area contributed by atoms with Crippen LogP contribution in [0.1, 0.15) is 24.9 Å². The maximum atomic E-state index is 5.79. The zero-order valence-electron chi connectivity index (χ0n) is 9.66. The number of aliphatic imine (C=N–C) groups is 1. The van der Waals surface area contributed by atoms with Crippen molar-refractivity contribution in [3.63, 3.8) is 0 Å². The second kappa shape index (κ2) is 5.44. The summed E-state index contributed by atoms with van der Waals surface area (Å²) >= 11 is 0. The van der Waals surface area contributed by atoms with E-state index in [1.165, 1.54) is 0 Å². The van der Waals surface area contributed by atoms with Gasteiger partial charge >= 0.3 is 0 Å². The third-order valence-corrected chi connectivity index (χ3v) is 2.08. The summed E-state index contributed by atoms with van der Waals surface area (Å²) in [6, 6.07) is 3.90. The Kier molecular flexibility index (Phi) is 4.21. The SMILES string of the molecule is CCCN=C(N)N(C)Cc1ccc(C)o1. The molecule has 0 spiro atoms. The van der Waals surface area contributed by atoms with Crippen LogP contribution in [0.25, 0.3) is 0 Å². The molecule has 0 aliphatic rings. The minimum absolute atomic E-state index is 0.561. The highest BCUT2D eigenvalue weighted by molar-refractivity contribution is 5.77. The Bertz CT molecular complexity index is 330. The van der Waals surface area contributed by atoms with Gasteiger partial charge < -0.3 is 15.1 Å². The van der Waals surface area contributed by atoms with Gasteiger partial charge in [-0.05, 0) is 25.5 Å². The molecule has 0 amide bonds. The van der Waals surface area contributed by atoms with Crippen molar-refractivity contribution in [2.75, 3.05) is 13.6 Å². The molecule has 0 unspecified atom stereocenters. The summed E-state index contributed by atoms with van der Waals surface area (Å²) in [6.07, 6.45) is 1.01. The number of rotatable bonds is 4. The van der Waals surface area contributed by atoms with Gasteiger partial charge in [-0.15, -0.1) is 0 Å². The van der Waals surface area contributed by atoms with Crippen molar-refractivity contribution < 1.29 is 4.42 Å². The summed E-state index contributed by atoms with van der Waals surface area (Å²) in [5.41, 5.74) is 5.79. The van der Waals surface area contributed by atoms with Gasteiger partial charge in [-0.3, -0.25) is 4.99 Å². The van der Waals surface area contributed by atoms with E-state index < -0.39 is 0 Å². The van der Waals surface area contributed by atoms with Gasteiger partial charge in [-0.1, -0.05) is 6.92 Å². The maximum absolute atomic E-state index is 5.79. The van der Waals surface area contributed by atoms with Crippen LogP contribution in [-0.2, 0) is 6.54 Å². The van der Waals surface area contributed by atoms with Crippen molar-refractivity contribution in [2.24, 2.45) is 10.7 Å². The molecule has 0 saturated heterocycles. The molecule has 0 fully saturated rings. The minimum Gasteiger partial charge on any atom is -0.464 e. The number of hydrogen-bond donors (Lipinski definition) is 1. The zero-order valence-corrected chi connectivity index (χ0v) is 9.66. The van der Waals surface area contributed by atoms with Crippen LogP contribution in [-0.4, -0.2) is 24.5 Å². The fourth-order valence-corrected chi connectivity index (χ4v) is 1.23. The van der Waals surface area contributed by atoms with E-state index in [9.17, 15) is 0 Å². The number of hydrogen-bond acceptors (Lipinski definition) is 2. The Morgan fingerprint density at radius 3 is 2.80 bits per heavy atom. The van der Waals surface area contributed by atoms with E-state index in [0.29, 0.717) is 12.5 Å². The molecular formula is C11H19N3O. The normalized spacial score (nSPS) is 11.8. The van der Waals surface area contributed by atoms with Gasteiger partial charge in [0.15, 0.2) is 5.96 Å². The first-order chi connectivity index (χ1) is 7.13. The molecule has 0 saturated carbocycles. The van der Waals surface area contributed by atoms with Gasteiger partial charge in [-0.25, -0.2) is 0 Å². The van der Waals surface area contributed by atoms with Crippen molar-refractivity contribution in [3.8, 4) is 0 Å². The number of aryl methyl sites for hydroxylation is 1. The lowest BCUT2D eigenvalue weighted by Gasteiger charge is -2.16. The van der Waals surface area contributed by atoms with E-state index in [-0.39, 0.29) is 0 Å². The van der Waals surface area contributed by atoms with Gasteiger partial charge in [-0.2, -0.15) is 0 Å². The number of nitrogens with zero attached hydrogens (tertiary/aromatic N) is 2. The molecule has 1 aromatic heterocycles. The van der Waals surface area contributed by atoms with Crippen molar-refractivity contribution in [3.05, 3.63) is 23.7 Å². The maximum Gasteiger partial charge on any atom is 0.191 e. The molecular weight excluding hydrogens is 190 g/mol. The second-order valence-corrected chi connectivity index (χ2v) is 3.61. The van der Waals surface area contributed by atoms with Crippen molar-refractivity contribution in [1.82, 2.24) is 4.90 Å². The third-order valence-electron chi connectivity index (χ3n) is 2.08.